The van der Waals surface area contributed by atoms with Crippen LogP contribution in [0.25, 0.3) is 0 Å². The zero-order chi connectivity index (χ0) is 24.7. The molecule has 2 aromatic carbocycles. The summed E-state index contributed by atoms with van der Waals surface area (Å²) >= 11 is 6.06. The monoisotopic (exact) mass is 545 g/mol. The van der Waals surface area contributed by atoms with Gasteiger partial charge in [0, 0.05) is 19.2 Å². The van der Waals surface area contributed by atoms with E-state index in [1.54, 1.807) is 32.3 Å². The van der Waals surface area contributed by atoms with Crippen molar-refractivity contribution in [2.24, 2.45) is 16.9 Å². The molecule has 0 aromatic heterocycles. The van der Waals surface area contributed by atoms with Gasteiger partial charge in [-0.2, -0.15) is 13.5 Å². The normalized spacial score (nSPS) is 14.4. The molecule has 9 nitrogen and oxygen atoms in total. The molecule has 1 aliphatic heterocycles. The Morgan fingerprint density at radius 3 is 2.57 bits per heavy atom. The van der Waals surface area contributed by atoms with Gasteiger partial charge >= 0.3 is 16.1 Å². The fourth-order valence-corrected chi connectivity index (χ4v) is 5.12. The van der Waals surface area contributed by atoms with E-state index < -0.39 is 16.1 Å². The van der Waals surface area contributed by atoms with E-state index in [2.05, 4.69) is 5.10 Å². The van der Waals surface area contributed by atoms with Gasteiger partial charge in [0.1, 0.15) is 22.5 Å². The number of hydrogen-bond donors (Lipinski definition) is 1. The number of aryl methyl sites for hydroxylation is 1. The summed E-state index contributed by atoms with van der Waals surface area (Å²) in [6.07, 6.45) is 3.42. The van der Waals surface area contributed by atoms with Crippen LogP contribution in [0.15, 0.2) is 46.4 Å². The molecule has 0 atom stereocenters. The molecule has 0 spiro atoms. The van der Waals surface area contributed by atoms with Crippen LogP contribution in [0.5, 0.6) is 11.5 Å². The van der Waals surface area contributed by atoms with Crippen molar-refractivity contribution in [3.8, 4) is 11.5 Å². The number of rotatable bonds is 9. The van der Waals surface area contributed by atoms with E-state index in [9.17, 15) is 13.2 Å². The summed E-state index contributed by atoms with van der Waals surface area (Å²) in [5.74, 6) is 5.04. The number of likely N-dealkylation sites (tertiary alicyclic amines) is 1. The molecule has 2 aromatic rings. The van der Waals surface area contributed by atoms with Crippen LogP contribution < -0.4 is 14.8 Å². The highest BCUT2D eigenvalue weighted by molar-refractivity contribution is 7.87. The molecule has 3 rings (SSSR count). The maximum absolute atomic E-state index is 12.9. The topological polar surface area (TPSA) is 121 Å². The lowest BCUT2D eigenvalue weighted by atomic mass is 9.98. The molecule has 0 amide bonds. The maximum Gasteiger partial charge on any atom is 0.342 e. The fraction of sp³-hybridized carbons (Fsp3) is 0.391. The number of halogens is 2. The lowest BCUT2D eigenvalue weighted by Gasteiger charge is -2.30. The van der Waals surface area contributed by atoms with Gasteiger partial charge in [-0.15, -0.1) is 12.4 Å². The van der Waals surface area contributed by atoms with E-state index in [-0.39, 0.29) is 40.2 Å². The highest BCUT2D eigenvalue weighted by atomic mass is 35.5. The minimum atomic E-state index is -4.32. The number of benzene rings is 2. The van der Waals surface area contributed by atoms with Crippen molar-refractivity contribution in [2.45, 2.75) is 31.6 Å². The molecule has 0 aliphatic carbocycles. The quantitative estimate of drug-likeness (QED) is 0.125. The van der Waals surface area contributed by atoms with E-state index in [4.69, 9.17) is 31.1 Å². The Morgan fingerprint density at radius 2 is 1.94 bits per heavy atom. The van der Waals surface area contributed by atoms with Gasteiger partial charge in [-0.1, -0.05) is 23.7 Å². The average molecular weight is 546 g/mol. The Morgan fingerprint density at radius 1 is 1.26 bits per heavy atom. The summed E-state index contributed by atoms with van der Waals surface area (Å²) in [6, 6.07) is 8.97. The number of ether oxygens (including phenoxy) is 2. The highest BCUT2D eigenvalue weighted by Gasteiger charge is 2.26. The molecular formula is C23H29Cl2N3O6S. The van der Waals surface area contributed by atoms with E-state index in [0.29, 0.717) is 23.8 Å². The molecule has 0 bridgehead atoms. The van der Waals surface area contributed by atoms with Gasteiger partial charge in [0.25, 0.3) is 0 Å². The highest BCUT2D eigenvalue weighted by Crippen LogP contribution is 2.33. The third-order valence-electron chi connectivity index (χ3n) is 5.42. The van der Waals surface area contributed by atoms with Crippen LogP contribution in [0, 0.1) is 12.8 Å². The van der Waals surface area contributed by atoms with Crippen molar-refractivity contribution in [2.75, 3.05) is 26.3 Å². The second-order valence-corrected chi connectivity index (χ2v) is 9.78. The Kier molecular flexibility index (Phi) is 10.5. The van der Waals surface area contributed by atoms with Crippen LogP contribution in [-0.4, -0.2) is 51.9 Å². The molecule has 1 saturated heterocycles. The number of esters is 1. The number of carbonyl (C=O) groups excluding carboxylic acids is 1. The molecule has 35 heavy (non-hydrogen) atoms. The third kappa shape index (κ3) is 7.39. The molecule has 2 N–H and O–H groups in total. The van der Waals surface area contributed by atoms with E-state index in [1.807, 2.05) is 4.90 Å². The minimum Gasteiger partial charge on any atom is -0.493 e. The molecule has 0 radical (unpaired) electrons. The van der Waals surface area contributed by atoms with Crippen LogP contribution >= 0.6 is 24.0 Å². The van der Waals surface area contributed by atoms with E-state index in [0.717, 1.165) is 25.9 Å². The largest absolute Gasteiger partial charge is 0.493 e. The first-order valence-electron chi connectivity index (χ1n) is 10.9. The number of nitrogens with two attached hydrogens (primary N) is 1. The van der Waals surface area contributed by atoms with Gasteiger partial charge in [-0.05, 0) is 56.4 Å². The van der Waals surface area contributed by atoms with Crippen LogP contribution in [0.3, 0.4) is 0 Å². The first-order chi connectivity index (χ1) is 16.2. The molecule has 0 unspecified atom stereocenters. The van der Waals surface area contributed by atoms with Crippen molar-refractivity contribution in [3.63, 3.8) is 0 Å². The standard InChI is InChI=1S/C23H28ClN3O6S.ClH/c1-3-31-23(28)22-16(2)12-18(32-14-17-8-10-27(11-9-17)15-26-25)13-20(22)33-34(29,30)21-7-5-4-6-19(21)24;/h4-7,12-13,15,17H,3,8-11,14,25H2,1-2H3;1H. The van der Waals surface area contributed by atoms with Gasteiger partial charge in [-0.3, -0.25) is 0 Å². The van der Waals surface area contributed by atoms with Crippen LogP contribution in [0.2, 0.25) is 5.02 Å². The van der Waals surface area contributed by atoms with Crippen LogP contribution in [0.4, 0.5) is 0 Å². The molecule has 1 fully saturated rings. The average Bonchev–Trinajstić information content (AvgIpc) is 2.78. The molecule has 1 heterocycles. The predicted molar refractivity (Wildman–Crippen MR) is 136 cm³/mol. The van der Waals surface area contributed by atoms with E-state index >= 15 is 0 Å². The van der Waals surface area contributed by atoms with Gasteiger partial charge in [-0.25, -0.2) is 4.79 Å². The lowest BCUT2D eigenvalue weighted by Crippen LogP contribution is -2.34. The number of hydrogen-bond acceptors (Lipinski definition) is 8. The minimum absolute atomic E-state index is 0. The molecule has 12 heteroatoms. The first-order valence-corrected chi connectivity index (χ1v) is 12.6. The Labute approximate surface area is 216 Å². The van der Waals surface area contributed by atoms with Crippen molar-refractivity contribution in [1.82, 2.24) is 4.90 Å². The van der Waals surface area contributed by atoms with Crippen molar-refractivity contribution in [3.05, 3.63) is 52.5 Å². The van der Waals surface area contributed by atoms with Crippen LogP contribution in [-0.2, 0) is 14.9 Å². The van der Waals surface area contributed by atoms with Gasteiger partial charge in [0.2, 0.25) is 0 Å². The Bertz CT molecular complexity index is 1150. The second kappa shape index (κ2) is 12.9. The number of hydrazone groups is 1. The zero-order valence-corrected chi connectivity index (χ0v) is 21.9. The first kappa shape index (κ1) is 28.5. The Hall–Kier alpha value is -2.69. The van der Waals surface area contributed by atoms with Crippen molar-refractivity contribution >= 4 is 46.4 Å². The SMILES string of the molecule is CCOC(=O)c1c(C)cc(OCC2CCN(C=NN)CC2)cc1OS(=O)(=O)c1ccccc1Cl.Cl. The smallest absolute Gasteiger partial charge is 0.342 e. The number of carbonyl (C=O) groups is 1. The zero-order valence-electron chi connectivity index (χ0n) is 19.5. The second-order valence-electron chi connectivity index (χ2n) is 7.86. The van der Waals surface area contributed by atoms with Crippen LogP contribution in [0.1, 0.15) is 35.7 Å². The summed E-state index contributed by atoms with van der Waals surface area (Å²) in [5, 5.41) is 3.56. The summed E-state index contributed by atoms with van der Waals surface area (Å²) < 4.78 is 42.4. The predicted octanol–water partition coefficient (Wildman–Crippen LogP) is 4.01. The third-order valence-corrected chi connectivity index (χ3v) is 7.16. The van der Waals surface area contributed by atoms with Crippen molar-refractivity contribution in [1.29, 1.82) is 0 Å². The van der Waals surface area contributed by atoms with Gasteiger partial charge in [0.15, 0.2) is 5.75 Å². The molecule has 0 saturated carbocycles. The maximum atomic E-state index is 12.9. The summed E-state index contributed by atoms with van der Waals surface area (Å²) in [5.41, 5.74) is 0.480. The molecule has 192 valence electrons. The number of piperidine rings is 1. The van der Waals surface area contributed by atoms with Gasteiger partial charge < -0.3 is 24.4 Å². The summed E-state index contributed by atoms with van der Waals surface area (Å²) in [6.45, 7) is 5.53. The summed E-state index contributed by atoms with van der Waals surface area (Å²) in [7, 11) is -4.32. The van der Waals surface area contributed by atoms with E-state index in [1.165, 1.54) is 24.3 Å². The Balaban J connectivity index is 0.00000432. The molecule has 1 aliphatic rings. The lowest BCUT2D eigenvalue weighted by molar-refractivity contribution is 0.0523. The van der Waals surface area contributed by atoms with Crippen molar-refractivity contribution < 1.29 is 26.9 Å². The number of nitrogens with zero attached hydrogens (tertiary/aromatic N) is 2. The molecular weight excluding hydrogens is 517 g/mol. The summed E-state index contributed by atoms with van der Waals surface area (Å²) in [4.78, 5) is 14.4. The fourth-order valence-electron chi connectivity index (χ4n) is 3.69. The van der Waals surface area contributed by atoms with Gasteiger partial charge in [0.05, 0.1) is 18.2 Å².